The lowest BCUT2D eigenvalue weighted by Crippen LogP contribution is -2.28. The molecule has 0 saturated heterocycles. The maximum absolute atomic E-state index is 13.4. The molecule has 116 valence electrons. The molecular formula is C18H20FNO2. The molecule has 0 radical (unpaired) electrons. The molecule has 0 aliphatic heterocycles. The van der Waals surface area contributed by atoms with Gasteiger partial charge in [-0.15, -0.1) is 0 Å². The zero-order chi connectivity index (χ0) is 15.8. The van der Waals surface area contributed by atoms with E-state index in [0.717, 1.165) is 18.6 Å². The first-order chi connectivity index (χ1) is 10.7. The Morgan fingerprint density at radius 2 is 1.86 bits per heavy atom. The lowest BCUT2D eigenvalue weighted by Gasteiger charge is -2.09. The highest BCUT2D eigenvalue weighted by atomic mass is 19.1. The van der Waals surface area contributed by atoms with Gasteiger partial charge in [0.2, 0.25) is 0 Å². The lowest BCUT2D eigenvalue weighted by molar-refractivity contribution is 0.0943. The minimum absolute atomic E-state index is 0.0476. The summed E-state index contributed by atoms with van der Waals surface area (Å²) in [6, 6.07) is 13.8. The Kier molecular flexibility index (Phi) is 5.95. The summed E-state index contributed by atoms with van der Waals surface area (Å²) in [5, 5.41) is 2.64. The zero-order valence-corrected chi connectivity index (χ0v) is 12.6. The van der Waals surface area contributed by atoms with Gasteiger partial charge in [-0.05, 0) is 36.2 Å². The number of hydrogen-bond donors (Lipinski definition) is 1. The van der Waals surface area contributed by atoms with E-state index < -0.39 is 11.7 Å². The molecule has 4 heteroatoms. The molecule has 0 fully saturated rings. The number of nitrogens with one attached hydrogen (secondary N) is 1. The number of amides is 1. The van der Waals surface area contributed by atoms with Gasteiger partial charge in [0.15, 0.2) is 0 Å². The smallest absolute Gasteiger partial charge is 0.254 e. The summed E-state index contributed by atoms with van der Waals surface area (Å²) in [6.07, 6.45) is 2.17. The molecule has 2 aromatic rings. The zero-order valence-electron chi connectivity index (χ0n) is 12.6. The number of aryl methyl sites for hydroxylation is 1. The average Bonchev–Trinajstić information content (AvgIpc) is 2.53. The van der Waals surface area contributed by atoms with Gasteiger partial charge in [-0.3, -0.25) is 4.79 Å². The van der Waals surface area contributed by atoms with Crippen LogP contribution in [0.25, 0.3) is 0 Å². The summed E-state index contributed by atoms with van der Waals surface area (Å²) in [4.78, 5) is 11.8. The van der Waals surface area contributed by atoms with Crippen LogP contribution in [0.5, 0.6) is 5.75 Å². The topological polar surface area (TPSA) is 38.3 Å². The maximum atomic E-state index is 13.4. The predicted molar refractivity (Wildman–Crippen MR) is 84.7 cm³/mol. The van der Waals surface area contributed by atoms with Crippen molar-refractivity contribution in [2.75, 3.05) is 13.2 Å². The molecule has 0 aliphatic carbocycles. The van der Waals surface area contributed by atoms with Gasteiger partial charge < -0.3 is 10.1 Å². The molecule has 0 spiro atoms. The molecule has 3 nitrogen and oxygen atoms in total. The van der Waals surface area contributed by atoms with Crippen molar-refractivity contribution < 1.29 is 13.9 Å². The van der Waals surface area contributed by atoms with E-state index in [0.29, 0.717) is 13.2 Å². The van der Waals surface area contributed by atoms with Crippen molar-refractivity contribution in [2.24, 2.45) is 0 Å². The van der Waals surface area contributed by atoms with Crippen LogP contribution in [0, 0.1) is 5.82 Å². The van der Waals surface area contributed by atoms with E-state index >= 15 is 0 Å². The third-order valence-corrected chi connectivity index (χ3v) is 3.24. The fourth-order valence-electron chi connectivity index (χ4n) is 2.12. The molecule has 0 aromatic heterocycles. The minimum atomic E-state index is -0.521. The Balaban J connectivity index is 1.75. The summed E-state index contributed by atoms with van der Waals surface area (Å²) in [5.41, 5.74) is 1.33. The summed E-state index contributed by atoms with van der Waals surface area (Å²) in [6.45, 7) is 2.81. The van der Waals surface area contributed by atoms with Crippen LogP contribution in [0.2, 0.25) is 0 Å². The van der Waals surface area contributed by atoms with Gasteiger partial charge in [0.1, 0.15) is 18.2 Å². The van der Waals surface area contributed by atoms with Crippen LogP contribution in [0.15, 0.2) is 48.5 Å². The predicted octanol–water partition coefficient (Wildman–Crippen LogP) is 3.59. The third-order valence-electron chi connectivity index (χ3n) is 3.24. The van der Waals surface area contributed by atoms with Crippen molar-refractivity contribution in [1.29, 1.82) is 0 Å². The Hall–Kier alpha value is -2.36. The van der Waals surface area contributed by atoms with Crippen LogP contribution in [-0.4, -0.2) is 19.1 Å². The van der Waals surface area contributed by atoms with Crippen LogP contribution in [0.4, 0.5) is 4.39 Å². The van der Waals surface area contributed by atoms with E-state index in [1.165, 1.54) is 17.7 Å². The molecule has 0 bridgehead atoms. The molecule has 1 N–H and O–H groups in total. The molecule has 2 rings (SSSR count). The van der Waals surface area contributed by atoms with Gasteiger partial charge >= 0.3 is 0 Å². The van der Waals surface area contributed by atoms with Crippen molar-refractivity contribution >= 4 is 5.91 Å². The van der Waals surface area contributed by atoms with E-state index in [2.05, 4.69) is 12.2 Å². The fourth-order valence-corrected chi connectivity index (χ4v) is 2.12. The number of ether oxygens (including phenoxy) is 1. The van der Waals surface area contributed by atoms with Crippen molar-refractivity contribution in [3.05, 3.63) is 65.5 Å². The van der Waals surface area contributed by atoms with Crippen molar-refractivity contribution in [2.45, 2.75) is 19.8 Å². The van der Waals surface area contributed by atoms with Crippen molar-refractivity contribution in [1.82, 2.24) is 5.32 Å². The molecule has 0 saturated carbocycles. The molecule has 22 heavy (non-hydrogen) atoms. The highest BCUT2D eigenvalue weighted by Gasteiger charge is 2.09. The molecule has 0 aliphatic rings. The molecular weight excluding hydrogens is 281 g/mol. The second kappa shape index (κ2) is 8.17. The van der Waals surface area contributed by atoms with Crippen molar-refractivity contribution in [3.8, 4) is 5.75 Å². The monoisotopic (exact) mass is 301 g/mol. The Morgan fingerprint density at radius 3 is 2.55 bits per heavy atom. The molecule has 0 unspecified atom stereocenters. The first kappa shape index (κ1) is 16.0. The van der Waals surface area contributed by atoms with E-state index in [-0.39, 0.29) is 5.56 Å². The van der Waals surface area contributed by atoms with Crippen LogP contribution in [-0.2, 0) is 6.42 Å². The SMILES string of the molecule is CCCc1ccc(OCCNC(=O)c2ccccc2F)cc1. The quantitative estimate of drug-likeness (QED) is 0.794. The number of carbonyl (C=O) groups is 1. The second-order valence-electron chi connectivity index (χ2n) is 4.98. The Labute approximate surface area is 130 Å². The van der Waals surface area contributed by atoms with Gasteiger partial charge in [0.05, 0.1) is 12.1 Å². The highest BCUT2D eigenvalue weighted by Crippen LogP contribution is 2.13. The lowest BCUT2D eigenvalue weighted by atomic mass is 10.1. The first-order valence-electron chi connectivity index (χ1n) is 7.45. The third kappa shape index (κ3) is 4.58. The Morgan fingerprint density at radius 1 is 1.14 bits per heavy atom. The van der Waals surface area contributed by atoms with Gasteiger partial charge in [-0.2, -0.15) is 0 Å². The fraction of sp³-hybridized carbons (Fsp3) is 0.278. The summed E-state index contributed by atoms with van der Waals surface area (Å²) >= 11 is 0. The summed E-state index contributed by atoms with van der Waals surface area (Å²) in [7, 11) is 0. The standard InChI is InChI=1S/C18H20FNO2/c1-2-5-14-8-10-15(11-9-14)22-13-12-20-18(21)16-6-3-4-7-17(16)19/h3-4,6-11H,2,5,12-13H2,1H3,(H,20,21). The van der Waals surface area contributed by atoms with Crippen LogP contribution < -0.4 is 10.1 Å². The van der Waals surface area contributed by atoms with Gasteiger partial charge in [0, 0.05) is 0 Å². The van der Waals surface area contributed by atoms with Gasteiger partial charge in [-0.25, -0.2) is 4.39 Å². The number of halogens is 1. The first-order valence-corrected chi connectivity index (χ1v) is 7.45. The van der Waals surface area contributed by atoms with Gasteiger partial charge in [-0.1, -0.05) is 37.6 Å². The van der Waals surface area contributed by atoms with E-state index in [1.807, 2.05) is 24.3 Å². The molecule has 1 amide bonds. The van der Waals surface area contributed by atoms with E-state index in [1.54, 1.807) is 12.1 Å². The maximum Gasteiger partial charge on any atom is 0.254 e. The van der Waals surface area contributed by atoms with E-state index in [9.17, 15) is 9.18 Å². The Bertz CT molecular complexity index is 611. The summed E-state index contributed by atoms with van der Waals surface area (Å²) < 4.78 is 19.0. The largest absolute Gasteiger partial charge is 0.492 e. The molecule has 0 atom stereocenters. The number of rotatable bonds is 7. The van der Waals surface area contributed by atoms with Crippen molar-refractivity contribution in [3.63, 3.8) is 0 Å². The van der Waals surface area contributed by atoms with E-state index in [4.69, 9.17) is 4.74 Å². The van der Waals surface area contributed by atoms with Gasteiger partial charge in [0.25, 0.3) is 5.91 Å². The molecule has 0 heterocycles. The minimum Gasteiger partial charge on any atom is -0.492 e. The highest BCUT2D eigenvalue weighted by molar-refractivity contribution is 5.94. The average molecular weight is 301 g/mol. The second-order valence-corrected chi connectivity index (χ2v) is 4.98. The van der Waals surface area contributed by atoms with Crippen LogP contribution in [0.3, 0.4) is 0 Å². The number of hydrogen-bond acceptors (Lipinski definition) is 2. The number of benzene rings is 2. The van der Waals surface area contributed by atoms with Crippen LogP contribution >= 0.6 is 0 Å². The summed E-state index contributed by atoms with van der Waals surface area (Å²) in [5.74, 6) is -0.188. The molecule has 2 aromatic carbocycles. The number of carbonyl (C=O) groups excluding carboxylic acids is 1. The normalized spacial score (nSPS) is 10.3. The van der Waals surface area contributed by atoms with Crippen LogP contribution in [0.1, 0.15) is 29.3 Å².